The molecule has 8 nitrogen and oxygen atoms in total. The first-order valence-electron chi connectivity index (χ1n) is 10.8. The molecule has 0 saturated carbocycles. The quantitative estimate of drug-likeness (QED) is 0.468. The minimum atomic E-state index is -0.405. The molecule has 0 bridgehead atoms. The van der Waals surface area contributed by atoms with Crippen LogP contribution in [0.2, 0.25) is 0 Å². The number of morpholine rings is 1. The predicted molar refractivity (Wildman–Crippen MR) is 125 cm³/mol. The zero-order chi connectivity index (χ0) is 22.5. The van der Waals surface area contributed by atoms with Gasteiger partial charge in [0.2, 0.25) is 0 Å². The van der Waals surface area contributed by atoms with Crippen LogP contribution in [0.4, 0.5) is 0 Å². The van der Waals surface area contributed by atoms with Crippen LogP contribution in [0.15, 0.2) is 42.5 Å². The van der Waals surface area contributed by atoms with Crippen LogP contribution in [0.1, 0.15) is 43.1 Å². The molecule has 0 spiro atoms. The Morgan fingerprint density at radius 2 is 1.79 bits per heavy atom. The topological polar surface area (TPSA) is 88.2 Å². The van der Waals surface area contributed by atoms with Gasteiger partial charge in [0.15, 0.2) is 0 Å². The van der Waals surface area contributed by atoms with E-state index < -0.39 is 5.91 Å². The van der Waals surface area contributed by atoms with Gasteiger partial charge in [0.25, 0.3) is 17.7 Å². The van der Waals surface area contributed by atoms with Crippen LogP contribution < -0.4 is 10.1 Å². The van der Waals surface area contributed by atoms with Gasteiger partial charge >= 0.3 is 0 Å². The first-order chi connectivity index (χ1) is 15.6. The number of nitrogens with zero attached hydrogens (tertiary/aromatic N) is 2. The van der Waals surface area contributed by atoms with Crippen molar-refractivity contribution in [2.45, 2.75) is 13.0 Å². The summed E-state index contributed by atoms with van der Waals surface area (Å²) in [5.41, 5.74) is 1.68. The number of fused-ring (bicyclic) bond motifs is 1. The lowest BCUT2D eigenvalue weighted by atomic mass is 10.1. The molecule has 0 unspecified atom stereocenters. The molecular formula is C24H28ClN3O5. The van der Waals surface area contributed by atoms with Crippen LogP contribution in [0.25, 0.3) is 0 Å². The molecule has 2 aromatic rings. The highest BCUT2D eigenvalue weighted by molar-refractivity contribution is 6.22. The molecule has 1 fully saturated rings. The summed E-state index contributed by atoms with van der Waals surface area (Å²) in [7, 11) is 1.55. The van der Waals surface area contributed by atoms with Crippen molar-refractivity contribution >= 4 is 30.1 Å². The molecule has 2 aromatic carbocycles. The molecule has 33 heavy (non-hydrogen) atoms. The van der Waals surface area contributed by atoms with Crippen LogP contribution in [0.3, 0.4) is 0 Å². The van der Waals surface area contributed by atoms with E-state index in [4.69, 9.17) is 9.47 Å². The smallest absolute Gasteiger partial charge is 0.261 e. The fourth-order valence-electron chi connectivity index (χ4n) is 4.01. The first kappa shape index (κ1) is 24.7. The highest BCUT2D eigenvalue weighted by atomic mass is 35.5. The van der Waals surface area contributed by atoms with Crippen molar-refractivity contribution in [3.63, 3.8) is 0 Å². The summed E-state index contributed by atoms with van der Waals surface area (Å²) in [6.07, 6.45) is 0.834. The van der Waals surface area contributed by atoms with E-state index >= 15 is 0 Å². The normalized spacial score (nSPS) is 15.7. The standard InChI is InChI=1S/C24H27N3O5.ClH/c1-31-21-6-3-2-5-18(21)16-27-23(29)19-8-7-17(15-20(19)24(27)30)22(28)25-9-4-10-26-11-13-32-14-12-26;/h2-3,5-8,15H,4,9-14,16H2,1H3,(H,25,28);1H. The Balaban J connectivity index is 0.00000306. The average molecular weight is 474 g/mol. The Hall–Kier alpha value is -2.94. The number of rotatable bonds is 8. The number of halogens is 1. The summed E-state index contributed by atoms with van der Waals surface area (Å²) >= 11 is 0. The summed E-state index contributed by atoms with van der Waals surface area (Å²) < 4.78 is 10.7. The zero-order valence-electron chi connectivity index (χ0n) is 18.5. The van der Waals surface area contributed by atoms with E-state index in [0.29, 0.717) is 23.4 Å². The highest BCUT2D eigenvalue weighted by Crippen LogP contribution is 2.28. The third-order valence-electron chi connectivity index (χ3n) is 5.79. The fourth-order valence-corrected chi connectivity index (χ4v) is 4.01. The van der Waals surface area contributed by atoms with Gasteiger partial charge in [-0.15, -0.1) is 12.4 Å². The van der Waals surface area contributed by atoms with E-state index in [2.05, 4.69) is 10.2 Å². The number of hydrogen-bond donors (Lipinski definition) is 1. The van der Waals surface area contributed by atoms with Gasteiger partial charge in [-0.1, -0.05) is 18.2 Å². The molecule has 176 valence electrons. The minimum absolute atomic E-state index is 0. The highest BCUT2D eigenvalue weighted by Gasteiger charge is 2.36. The molecule has 0 atom stereocenters. The summed E-state index contributed by atoms with van der Waals surface area (Å²) in [6.45, 7) is 4.89. The maximum atomic E-state index is 12.9. The molecule has 2 heterocycles. The lowest BCUT2D eigenvalue weighted by molar-refractivity contribution is 0.0374. The van der Waals surface area contributed by atoms with Gasteiger partial charge in [0, 0.05) is 30.8 Å². The third-order valence-corrected chi connectivity index (χ3v) is 5.79. The Bertz CT molecular complexity index is 1020. The van der Waals surface area contributed by atoms with Crippen LogP contribution in [-0.2, 0) is 11.3 Å². The second kappa shape index (κ2) is 11.3. The van der Waals surface area contributed by atoms with E-state index in [1.807, 2.05) is 18.2 Å². The Morgan fingerprint density at radius 3 is 2.55 bits per heavy atom. The summed E-state index contributed by atoms with van der Waals surface area (Å²) in [6, 6.07) is 11.9. The number of imide groups is 1. The van der Waals surface area contributed by atoms with E-state index in [-0.39, 0.29) is 36.3 Å². The van der Waals surface area contributed by atoms with Gasteiger partial charge in [0.1, 0.15) is 5.75 Å². The van der Waals surface area contributed by atoms with Crippen LogP contribution >= 0.6 is 12.4 Å². The van der Waals surface area contributed by atoms with Gasteiger partial charge in [-0.3, -0.25) is 24.2 Å². The van der Waals surface area contributed by atoms with E-state index in [9.17, 15) is 14.4 Å². The van der Waals surface area contributed by atoms with Crippen molar-refractivity contribution < 1.29 is 23.9 Å². The number of carbonyl (C=O) groups excluding carboxylic acids is 3. The molecule has 2 aliphatic rings. The summed E-state index contributed by atoms with van der Waals surface area (Å²) in [5, 5.41) is 2.90. The van der Waals surface area contributed by atoms with Crippen LogP contribution in [0.5, 0.6) is 5.75 Å². The van der Waals surface area contributed by atoms with E-state index in [0.717, 1.165) is 44.8 Å². The van der Waals surface area contributed by atoms with Crippen molar-refractivity contribution in [2.75, 3.05) is 46.5 Å². The summed E-state index contributed by atoms with van der Waals surface area (Å²) in [5.74, 6) is -0.411. The molecule has 0 radical (unpaired) electrons. The lowest BCUT2D eigenvalue weighted by Gasteiger charge is -2.26. The number of hydrogen-bond acceptors (Lipinski definition) is 6. The maximum Gasteiger partial charge on any atom is 0.261 e. The Labute approximate surface area is 199 Å². The number of para-hydroxylation sites is 1. The molecule has 9 heteroatoms. The SMILES string of the molecule is COc1ccccc1CN1C(=O)c2ccc(C(=O)NCCCN3CCOCC3)cc2C1=O.Cl. The van der Waals surface area contributed by atoms with Crippen molar-refractivity contribution in [3.8, 4) is 5.75 Å². The molecule has 4 rings (SSSR count). The van der Waals surface area contributed by atoms with Crippen molar-refractivity contribution in [1.82, 2.24) is 15.1 Å². The Morgan fingerprint density at radius 1 is 1.06 bits per heavy atom. The molecule has 1 N–H and O–H groups in total. The first-order valence-corrected chi connectivity index (χ1v) is 10.8. The maximum absolute atomic E-state index is 12.9. The number of methoxy groups -OCH3 is 1. The van der Waals surface area contributed by atoms with Crippen molar-refractivity contribution in [1.29, 1.82) is 0 Å². The van der Waals surface area contributed by atoms with Crippen molar-refractivity contribution in [2.24, 2.45) is 0 Å². The second-order valence-electron chi connectivity index (χ2n) is 7.83. The number of ether oxygens (including phenoxy) is 2. The molecule has 3 amide bonds. The molecule has 0 aromatic heterocycles. The third kappa shape index (κ3) is 5.52. The van der Waals surface area contributed by atoms with E-state index in [1.165, 1.54) is 11.0 Å². The van der Waals surface area contributed by atoms with Gasteiger partial charge < -0.3 is 14.8 Å². The van der Waals surface area contributed by atoms with Crippen LogP contribution in [0, 0.1) is 0 Å². The lowest BCUT2D eigenvalue weighted by Crippen LogP contribution is -2.38. The average Bonchev–Trinajstić information content (AvgIpc) is 3.07. The predicted octanol–water partition coefficient (Wildman–Crippen LogP) is 2.37. The molecular weight excluding hydrogens is 446 g/mol. The minimum Gasteiger partial charge on any atom is -0.496 e. The number of nitrogens with one attached hydrogen (secondary N) is 1. The van der Waals surface area contributed by atoms with Gasteiger partial charge in [-0.25, -0.2) is 0 Å². The van der Waals surface area contributed by atoms with Crippen LogP contribution in [-0.4, -0.2) is 74.0 Å². The molecule has 0 aliphatic carbocycles. The zero-order valence-corrected chi connectivity index (χ0v) is 19.4. The van der Waals surface area contributed by atoms with Gasteiger partial charge in [0.05, 0.1) is 38.0 Å². The van der Waals surface area contributed by atoms with Crippen molar-refractivity contribution in [3.05, 3.63) is 64.7 Å². The molecule has 1 saturated heterocycles. The second-order valence-corrected chi connectivity index (χ2v) is 7.83. The summed E-state index contributed by atoms with van der Waals surface area (Å²) in [4.78, 5) is 41.8. The van der Waals surface area contributed by atoms with Gasteiger partial charge in [-0.2, -0.15) is 0 Å². The largest absolute Gasteiger partial charge is 0.496 e. The number of carbonyl (C=O) groups is 3. The Kier molecular flexibility index (Phi) is 8.43. The monoisotopic (exact) mass is 473 g/mol. The number of amides is 3. The van der Waals surface area contributed by atoms with Gasteiger partial charge in [-0.05, 0) is 37.2 Å². The number of benzene rings is 2. The fraction of sp³-hybridized carbons (Fsp3) is 0.375. The van der Waals surface area contributed by atoms with E-state index in [1.54, 1.807) is 25.3 Å². The molecule has 2 aliphatic heterocycles.